The quantitative estimate of drug-likeness (QED) is 0.559. The third-order valence-electron chi connectivity index (χ3n) is 5.30. The van der Waals surface area contributed by atoms with Gasteiger partial charge in [-0.1, -0.05) is 29.3 Å². The summed E-state index contributed by atoms with van der Waals surface area (Å²) in [6.45, 7) is 0.932. The molecule has 0 atom stereocenters. The monoisotopic (exact) mass is 484 g/mol. The maximum atomic E-state index is 12.7. The summed E-state index contributed by atoms with van der Waals surface area (Å²) in [7, 11) is -3.60. The van der Waals surface area contributed by atoms with E-state index in [1.165, 1.54) is 0 Å². The van der Waals surface area contributed by atoms with Gasteiger partial charge in [-0.15, -0.1) is 0 Å². The van der Waals surface area contributed by atoms with Crippen LogP contribution in [0.5, 0.6) is 0 Å². The SMILES string of the molecule is O=C(C1CC1)N1CCc2cc(S(=O)(=O)NCCSCc3c(Cl)cccc3Cl)ccc21. The lowest BCUT2D eigenvalue weighted by atomic mass is 10.2. The van der Waals surface area contributed by atoms with Crippen LogP contribution in [-0.4, -0.2) is 33.2 Å². The van der Waals surface area contributed by atoms with Gasteiger partial charge in [0.25, 0.3) is 0 Å². The number of amides is 1. The van der Waals surface area contributed by atoms with Crippen LogP contribution in [0.1, 0.15) is 24.0 Å². The minimum atomic E-state index is -3.60. The fourth-order valence-electron chi connectivity index (χ4n) is 3.50. The van der Waals surface area contributed by atoms with Crippen LogP contribution in [0.3, 0.4) is 0 Å². The topological polar surface area (TPSA) is 66.5 Å². The van der Waals surface area contributed by atoms with Gasteiger partial charge in [-0.2, -0.15) is 11.8 Å². The molecule has 1 aliphatic carbocycles. The molecule has 1 amide bonds. The predicted octanol–water partition coefficient (Wildman–Crippen LogP) is 4.50. The van der Waals surface area contributed by atoms with Gasteiger partial charge in [-0.25, -0.2) is 13.1 Å². The molecule has 2 aromatic rings. The molecule has 9 heteroatoms. The smallest absolute Gasteiger partial charge is 0.240 e. The second-order valence-corrected chi connectivity index (χ2v) is 11.1. The Balaban J connectivity index is 1.32. The van der Waals surface area contributed by atoms with E-state index in [4.69, 9.17) is 23.2 Å². The predicted molar refractivity (Wildman–Crippen MR) is 123 cm³/mol. The maximum Gasteiger partial charge on any atom is 0.240 e. The van der Waals surface area contributed by atoms with Crippen molar-refractivity contribution in [1.82, 2.24) is 4.72 Å². The molecule has 0 unspecified atom stereocenters. The fraction of sp³-hybridized carbons (Fsp3) is 0.381. The van der Waals surface area contributed by atoms with E-state index in [9.17, 15) is 13.2 Å². The van der Waals surface area contributed by atoms with Gasteiger partial charge in [-0.05, 0) is 60.7 Å². The summed E-state index contributed by atoms with van der Waals surface area (Å²) < 4.78 is 28.0. The van der Waals surface area contributed by atoms with Crippen LogP contribution < -0.4 is 9.62 Å². The molecular weight excluding hydrogens is 463 g/mol. The number of halogens is 2. The summed E-state index contributed by atoms with van der Waals surface area (Å²) in [4.78, 5) is 14.4. The highest BCUT2D eigenvalue weighted by Crippen LogP contribution is 2.37. The molecule has 2 aromatic carbocycles. The van der Waals surface area contributed by atoms with Gasteiger partial charge >= 0.3 is 0 Å². The highest BCUT2D eigenvalue weighted by Gasteiger charge is 2.36. The van der Waals surface area contributed by atoms with E-state index >= 15 is 0 Å². The average molecular weight is 485 g/mol. The van der Waals surface area contributed by atoms with E-state index in [0.717, 1.165) is 29.7 Å². The Labute approximate surface area is 191 Å². The van der Waals surface area contributed by atoms with Crippen LogP contribution in [0.15, 0.2) is 41.3 Å². The first-order valence-corrected chi connectivity index (χ1v) is 13.2. The van der Waals surface area contributed by atoms with E-state index in [2.05, 4.69) is 4.72 Å². The summed E-state index contributed by atoms with van der Waals surface area (Å²) in [5.41, 5.74) is 2.62. The summed E-state index contributed by atoms with van der Waals surface area (Å²) in [5.74, 6) is 1.52. The Kier molecular flexibility index (Phi) is 6.65. The van der Waals surface area contributed by atoms with E-state index in [1.54, 1.807) is 53.1 Å². The van der Waals surface area contributed by atoms with Gasteiger partial charge < -0.3 is 4.90 Å². The highest BCUT2D eigenvalue weighted by atomic mass is 35.5. The fourth-order valence-corrected chi connectivity index (χ4v) is 6.31. The van der Waals surface area contributed by atoms with Gasteiger partial charge in [0.1, 0.15) is 0 Å². The summed E-state index contributed by atoms with van der Waals surface area (Å²) in [6, 6.07) is 10.4. The van der Waals surface area contributed by atoms with Gasteiger partial charge in [0.05, 0.1) is 4.90 Å². The Bertz CT molecular complexity index is 1050. The summed E-state index contributed by atoms with van der Waals surface area (Å²) >= 11 is 13.9. The second-order valence-electron chi connectivity index (χ2n) is 7.46. The molecule has 4 rings (SSSR count). The van der Waals surface area contributed by atoms with Crippen molar-refractivity contribution >= 4 is 56.6 Å². The molecule has 0 radical (unpaired) electrons. The summed E-state index contributed by atoms with van der Waals surface area (Å²) in [6.07, 6.45) is 2.61. The first kappa shape index (κ1) is 22.0. The normalized spacial score (nSPS) is 16.0. The lowest BCUT2D eigenvalue weighted by Gasteiger charge is -2.17. The Morgan fingerprint density at radius 2 is 1.90 bits per heavy atom. The minimum Gasteiger partial charge on any atom is -0.312 e. The van der Waals surface area contributed by atoms with Crippen molar-refractivity contribution < 1.29 is 13.2 Å². The van der Waals surface area contributed by atoms with Crippen molar-refractivity contribution in [2.75, 3.05) is 23.7 Å². The van der Waals surface area contributed by atoms with Crippen molar-refractivity contribution in [3.63, 3.8) is 0 Å². The van der Waals surface area contributed by atoms with Crippen LogP contribution >= 0.6 is 35.0 Å². The number of carbonyl (C=O) groups is 1. The van der Waals surface area contributed by atoms with E-state index < -0.39 is 10.0 Å². The Hall–Kier alpha value is -1.25. The number of rotatable bonds is 8. The van der Waals surface area contributed by atoms with E-state index in [1.807, 2.05) is 0 Å². The molecule has 1 fully saturated rings. The highest BCUT2D eigenvalue weighted by molar-refractivity contribution is 7.98. The molecule has 1 N–H and O–H groups in total. The van der Waals surface area contributed by atoms with Gasteiger partial charge in [0.15, 0.2) is 0 Å². The van der Waals surface area contributed by atoms with Crippen LogP contribution in [0.25, 0.3) is 0 Å². The Morgan fingerprint density at radius 3 is 2.60 bits per heavy atom. The second kappa shape index (κ2) is 9.09. The number of carbonyl (C=O) groups excluding carboxylic acids is 1. The van der Waals surface area contributed by atoms with Gasteiger partial charge in [0.2, 0.25) is 15.9 Å². The molecule has 0 aromatic heterocycles. The third kappa shape index (κ3) is 4.81. The molecular formula is C21H22Cl2N2O3S2. The molecule has 1 heterocycles. The molecule has 1 aliphatic heterocycles. The zero-order chi connectivity index (χ0) is 21.3. The number of hydrogen-bond acceptors (Lipinski definition) is 4. The minimum absolute atomic E-state index is 0.152. The molecule has 30 heavy (non-hydrogen) atoms. The number of anilines is 1. The standard InChI is InChI=1S/C21H22Cl2N2O3S2/c22-18-2-1-3-19(23)17(18)13-29-11-9-24-30(27,28)16-6-7-20-15(12-16)8-10-25(20)21(26)14-4-5-14/h1-3,6-7,12,14,24H,4-5,8-11,13H2. The van der Waals surface area contributed by atoms with Crippen molar-refractivity contribution in [1.29, 1.82) is 0 Å². The molecule has 1 saturated carbocycles. The van der Waals surface area contributed by atoms with Gasteiger partial charge in [0, 0.05) is 46.2 Å². The molecule has 0 bridgehead atoms. The van der Waals surface area contributed by atoms with Gasteiger partial charge in [-0.3, -0.25) is 4.79 Å². The molecule has 0 spiro atoms. The third-order valence-corrected chi connectivity index (χ3v) is 8.45. The zero-order valence-corrected chi connectivity index (χ0v) is 19.4. The largest absolute Gasteiger partial charge is 0.312 e. The van der Waals surface area contributed by atoms with Crippen molar-refractivity contribution in [2.24, 2.45) is 5.92 Å². The summed E-state index contributed by atoms with van der Waals surface area (Å²) in [5, 5.41) is 1.23. The number of sulfonamides is 1. The van der Waals surface area contributed by atoms with Crippen LogP contribution in [0.2, 0.25) is 10.0 Å². The lowest BCUT2D eigenvalue weighted by molar-refractivity contribution is -0.119. The van der Waals surface area contributed by atoms with Crippen molar-refractivity contribution in [3.05, 3.63) is 57.6 Å². The maximum absolute atomic E-state index is 12.7. The number of thioether (sulfide) groups is 1. The molecule has 0 saturated heterocycles. The molecule has 5 nitrogen and oxygen atoms in total. The number of hydrogen-bond donors (Lipinski definition) is 1. The average Bonchev–Trinajstić information content (AvgIpc) is 3.48. The van der Waals surface area contributed by atoms with Crippen LogP contribution in [0.4, 0.5) is 5.69 Å². The van der Waals surface area contributed by atoms with Crippen LogP contribution in [0, 0.1) is 5.92 Å². The Morgan fingerprint density at radius 1 is 1.17 bits per heavy atom. The lowest BCUT2D eigenvalue weighted by Crippen LogP contribution is -2.30. The first-order chi connectivity index (χ1) is 14.4. The van der Waals surface area contributed by atoms with Crippen molar-refractivity contribution in [2.45, 2.75) is 29.9 Å². The number of benzene rings is 2. The molecule has 2 aliphatic rings. The van der Waals surface area contributed by atoms with Crippen molar-refractivity contribution in [3.8, 4) is 0 Å². The number of nitrogens with one attached hydrogen (secondary N) is 1. The number of nitrogens with zero attached hydrogens (tertiary/aromatic N) is 1. The number of fused-ring (bicyclic) bond motifs is 1. The first-order valence-electron chi connectivity index (χ1n) is 9.81. The molecule has 160 valence electrons. The van der Waals surface area contributed by atoms with Crippen LogP contribution in [-0.2, 0) is 27.0 Å². The van der Waals surface area contributed by atoms with E-state index in [-0.39, 0.29) is 16.7 Å². The zero-order valence-electron chi connectivity index (χ0n) is 16.2. The van der Waals surface area contributed by atoms with E-state index in [0.29, 0.717) is 41.1 Å².